The fraction of sp³-hybridized carbons (Fsp3) is 0.0909. The molecular formula is C11H9BrN4O3. The molecule has 0 unspecified atom stereocenters. The van der Waals surface area contributed by atoms with E-state index in [0.29, 0.717) is 10.0 Å². The van der Waals surface area contributed by atoms with E-state index in [0.717, 1.165) is 0 Å². The average Bonchev–Trinajstić information content (AvgIpc) is 2.36. The number of nitrogens with zero attached hydrogens (tertiary/aromatic N) is 3. The molecule has 0 aliphatic heterocycles. The molecular weight excluding hydrogens is 316 g/mol. The van der Waals surface area contributed by atoms with Crippen molar-refractivity contribution in [3.63, 3.8) is 0 Å². The summed E-state index contributed by atoms with van der Waals surface area (Å²) < 4.78 is 5.85. The molecule has 7 nitrogen and oxygen atoms in total. The summed E-state index contributed by atoms with van der Waals surface area (Å²) in [5, 5.41) is 11.0. The van der Waals surface area contributed by atoms with Crippen molar-refractivity contribution in [3.05, 3.63) is 44.7 Å². The summed E-state index contributed by atoms with van der Waals surface area (Å²) in [6.07, 6.45) is 1.22. The molecule has 0 saturated heterocycles. The minimum Gasteiger partial charge on any atom is -0.430 e. The van der Waals surface area contributed by atoms with Gasteiger partial charge in [-0.2, -0.15) is 0 Å². The Hall–Kier alpha value is -2.22. The topological polar surface area (TPSA) is 104 Å². The number of para-hydroxylation sites is 1. The minimum absolute atomic E-state index is 0.130. The fourth-order valence-electron chi connectivity index (χ4n) is 1.45. The lowest BCUT2D eigenvalue weighted by Crippen LogP contribution is -2.00. The molecule has 0 saturated carbocycles. The van der Waals surface area contributed by atoms with Crippen LogP contribution in [0.2, 0.25) is 0 Å². The van der Waals surface area contributed by atoms with Gasteiger partial charge in [0.2, 0.25) is 11.6 Å². The van der Waals surface area contributed by atoms with E-state index in [2.05, 4.69) is 25.9 Å². The molecule has 0 amide bonds. The highest BCUT2D eigenvalue weighted by molar-refractivity contribution is 9.10. The van der Waals surface area contributed by atoms with Crippen LogP contribution in [0.3, 0.4) is 0 Å². The van der Waals surface area contributed by atoms with Gasteiger partial charge < -0.3 is 10.5 Å². The lowest BCUT2D eigenvalue weighted by molar-refractivity contribution is -0.385. The van der Waals surface area contributed by atoms with Crippen molar-refractivity contribution < 1.29 is 9.66 Å². The lowest BCUT2D eigenvalue weighted by atomic mass is 10.2. The third-order valence-corrected chi connectivity index (χ3v) is 3.12. The quantitative estimate of drug-likeness (QED) is 0.687. The van der Waals surface area contributed by atoms with Crippen molar-refractivity contribution in [2.45, 2.75) is 6.92 Å². The van der Waals surface area contributed by atoms with Gasteiger partial charge in [0.1, 0.15) is 16.6 Å². The maximum absolute atomic E-state index is 11.0. The van der Waals surface area contributed by atoms with E-state index in [4.69, 9.17) is 10.5 Å². The summed E-state index contributed by atoms with van der Waals surface area (Å²) in [5.41, 5.74) is 6.09. The van der Waals surface area contributed by atoms with E-state index >= 15 is 0 Å². The van der Waals surface area contributed by atoms with Crippen LogP contribution in [0.15, 0.2) is 29.0 Å². The first-order valence-corrected chi connectivity index (χ1v) is 5.98. The van der Waals surface area contributed by atoms with Gasteiger partial charge in [0.25, 0.3) is 0 Å². The number of nitrogens with two attached hydrogens (primary N) is 1. The van der Waals surface area contributed by atoms with Crippen molar-refractivity contribution >= 4 is 27.4 Å². The monoisotopic (exact) mass is 324 g/mol. The van der Waals surface area contributed by atoms with Crippen LogP contribution >= 0.6 is 15.9 Å². The number of hydrogen-bond donors (Lipinski definition) is 1. The van der Waals surface area contributed by atoms with Crippen LogP contribution < -0.4 is 10.5 Å². The number of hydrogen-bond acceptors (Lipinski definition) is 6. The van der Waals surface area contributed by atoms with Crippen LogP contribution in [0.4, 0.5) is 11.5 Å². The lowest BCUT2D eigenvalue weighted by Gasteiger charge is -2.09. The summed E-state index contributed by atoms with van der Waals surface area (Å²) >= 11 is 3.18. The first-order valence-electron chi connectivity index (χ1n) is 5.18. The largest absolute Gasteiger partial charge is 0.430 e. The number of nitrogen functional groups attached to an aromatic ring is 1. The van der Waals surface area contributed by atoms with Crippen molar-refractivity contribution in [2.24, 2.45) is 0 Å². The molecule has 8 heteroatoms. The third-order valence-electron chi connectivity index (χ3n) is 2.37. The molecule has 0 radical (unpaired) electrons. The first-order chi connectivity index (χ1) is 9.00. The maximum Gasteiger partial charge on any atom is 0.311 e. The normalized spacial score (nSPS) is 10.2. The SMILES string of the molecule is Cc1cccc([N+](=O)[O-])c1Oc1ncnc(N)c1Br. The molecule has 1 aromatic heterocycles. The molecule has 98 valence electrons. The molecule has 2 rings (SSSR count). The van der Waals surface area contributed by atoms with Crippen LogP contribution in [-0.2, 0) is 0 Å². The van der Waals surface area contributed by atoms with E-state index in [-0.39, 0.29) is 23.1 Å². The van der Waals surface area contributed by atoms with E-state index in [9.17, 15) is 10.1 Å². The molecule has 1 heterocycles. The summed E-state index contributed by atoms with van der Waals surface area (Å²) in [6, 6.07) is 4.66. The second kappa shape index (κ2) is 5.19. The summed E-state index contributed by atoms with van der Waals surface area (Å²) in [4.78, 5) is 18.1. The number of rotatable bonds is 3. The number of benzene rings is 1. The highest BCUT2D eigenvalue weighted by Gasteiger charge is 2.20. The molecule has 19 heavy (non-hydrogen) atoms. The number of anilines is 1. The Kier molecular flexibility index (Phi) is 3.61. The molecule has 0 aliphatic carbocycles. The predicted molar refractivity (Wildman–Crippen MR) is 72.1 cm³/mol. The molecule has 0 fully saturated rings. The van der Waals surface area contributed by atoms with E-state index < -0.39 is 4.92 Å². The van der Waals surface area contributed by atoms with Gasteiger partial charge in [0.05, 0.1) is 4.92 Å². The van der Waals surface area contributed by atoms with E-state index in [1.54, 1.807) is 19.1 Å². The molecule has 2 aromatic rings. The van der Waals surface area contributed by atoms with Crippen molar-refractivity contribution in [2.75, 3.05) is 5.73 Å². The van der Waals surface area contributed by atoms with Crippen LogP contribution in [0, 0.1) is 17.0 Å². The van der Waals surface area contributed by atoms with E-state index in [1.807, 2.05) is 0 Å². The van der Waals surface area contributed by atoms with Gasteiger partial charge in [0.15, 0.2) is 0 Å². The highest BCUT2D eigenvalue weighted by atomic mass is 79.9. The predicted octanol–water partition coefficient (Wildman–Crippen LogP) is 2.83. The molecule has 1 aromatic carbocycles. The van der Waals surface area contributed by atoms with Crippen molar-refractivity contribution in [3.8, 4) is 11.6 Å². The molecule has 0 aliphatic rings. The van der Waals surface area contributed by atoms with Gasteiger partial charge in [0, 0.05) is 6.07 Å². The average molecular weight is 325 g/mol. The summed E-state index contributed by atoms with van der Waals surface area (Å²) in [5.74, 6) is 0.456. The number of nitro groups is 1. The molecule has 0 spiro atoms. The minimum atomic E-state index is -0.513. The van der Waals surface area contributed by atoms with Crippen LogP contribution in [0.1, 0.15) is 5.56 Å². The number of aromatic nitrogens is 2. The van der Waals surface area contributed by atoms with Crippen LogP contribution in [0.25, 0.3) is 0 Å². The van der Waals surface area contributed by atoms with Crippen LogP contribution in [0.5, 0.6) is 11.6 Å². The zero-order valence-corrected chi connectivity index (χ0v) is 11.4. The number of halogens is 1. The number of nitro benzene ring substituents is 1. The Balaban J connectivity index is 2.49. The number of ether oxygens (including phenoxy) is 1. The summed E-state index contributed by atoms with van der Waals surface area (Å²) in [7, 11) is 0. The second-order valence-corrected chi connectivity index (χ2v) is 4.45. The molecule has 0 atom stereocenters. The maximum atomic E-state index is 11.0. The second-order valence-electron chi connectivity index (χ2n) is 3.66. The highest BCUT2D eigenvalue weighted by Crippen LogP contribution is 2.37. The number of aryl methyl sites for hydroxylation is 1. The van der Waals surface area contributed by atoms with E-state index in [1.165, 1.54) is 12.4 Å². The van der Waals surface area contributed by atoms with Gasteiger partial charge in [-0.25, -0.2) is 9.97 Å². The smallest absolute Gasteiger partial charge is 0.311 e. The Labute approximate surface area is 116 Å². The van der Waals surface area contributed by atoms with Gasteiger partial charge in [-0.15, -0.1) is 0 Å². The Morgan fingerprint density at radius 2 is 2.16 bits per heavy atom. The Morgan fingerprint density at radius 3 is 2.84 bits per heavy atom. The summed E-state index contributed by atoms with van der Waals surface area (Å²) in [6.45, 7) is 1.71. The van der Waals surface area contributed by atoms with Crippen molar-refractivity contribution in [1.29, 1.82) is 0 Å². The first kappa shape index (κ1) is 13.2. The fourth-order valence-corrected chi connectivity index (χ4v) is 1.73. The van der Waals surface area contributed by atoms with Gasteiger partial charge >= 0.3 is 5.69 Å². The zero-order valence-electron chi connectivity index (χ0n) is 9.83. The van der Waals surface area contributed by atoms with Gasteiger partial charge in [-0.05, 0) is 28.4 Å². The zero-order chi connectivity index (χ0) is 14.0. The van der Waals surface area contributed by atoms with Crippen molar-refractivity contribution in [1.82, 2.24) is 9.97 Å². The molecule has 2 N–H and O–H groups in total. The van der Waals surface area contributed by atoms with Gasteiger partial charge in [-0.3, -0.25) is 10.1 Å². The molecule has 0 bridgehead atoms. The third kappa shape index (κ3) is 2.63. The standard InChI is InChI=1S/C11H9BrN4O3/c1-6-3-2-4-7(16(17)18)9(6)19-11-8(12)10(13)14-5-15-11/h2-5H,1H3,(H2,13,14,15). The Morgan fingerprint density at radius 1 is 1.42 bits per heavy atom. The Bertz CT molecular complexity index is 648. The van der Waals surface area contributed by atoms with Gasteiger partial charge in [-0.1, -0.05) is 12.1 Å². The van der Waals surface area contributed by atoms with Crippen LogP contribution in [-0.4, -0.2) is 14.9 Å².